The van der Waals surface area contributed by atoms with Crippen molar-refractivity contribution in [1.29, 1.82) is 0 Å². The second-order valence-corrected chi connectivity index (χ2v) is 7.90. The number of aryl methyl sites for hydroxylation is 1. The normalized spacial score (nSPS) is 19.3. The molecule has 2 aromatic heterocycles. The molecule has 0 N–H and O–H groups in total. The molecule has 0 atom stereocenters. The molecule has 2 aromatic rings. The summed E-state index contributed by atoms with van der Waals surface area (Å²) in [6.45, 7) is 10.8. The molecule has 0 radical (unpaired) electrons. The molecule has 0 spiro atoms. The predicted octanol–water partition coefficient (Wildman–Crippen LogP) is 1.86. The van der Waals surface area contributed by atoms with Crippen LogP contribution in [0.4, 0.5) is 0 Å². The Morgan fingerprint density at radius 2 is 1.93 bits per heavy atom. The maximum absolute atomic E-state index is 12.5. The van der Waals surface area contributed by atoms with Crippen LogP contribution in [0.5, 0.6) is 0 Å². The number of hydrogen-bond acceptors (Lipinski definition) is 6. The lowest BCUT2D eigenvalue weighted by Gasteiger charge is -2.31. The van der Waals surface area contributed by atoms with Crippen LogP contribution in [-0.4, -0.2) is 67.8 Å². The zero-order valence-electron chi connectivity index (χ0n) is 16.4. The van der Waals surface area contributed by atoms with Gasteiger partial charge in [0.2, 0.25) is 0 Å². The Morgan fingerprint density at radius 1 is 1.15 bits per heavy atom. The van der Waals surface area contributed by atoms with Gasteiger partial charge in [-0.3, -0.25) is 9.69 Å². The Bertz CT molecular complexity index is 803. The van der Waals surface area contributed by atoms with Crippen molar-refractivity contribution >= 4 is 5.91 Å². The maximum Gasteiger partial charge on any atom is 0.276 e. The lowest BCUT2D eigenvalue weighted by atomic mass is 9.95. The van der Waals surface area contributed by atoms with Gasteiger partial charge in [-0.05, 0) is 33.6 Å². The van der Waals surface area contributed by atoms with E-state index in [4.69, 9.17) is 4.52 Å². The quantitative estimate of drug-likeness (QED) is 0.818. The molecule has 0 aromatic carbocycles. The molecular weight excluding hydrogens is 344 g/mol. The van der Waals surface area contributed by atoms with Gasteiger partial charge in [-0.15, -0.1) is 10.2 Å². The number of carbonyl (C=O) groups excluding carboxylic acids is 1. The monoisotopic (exact) mass is 372 g/mol. The number of carbonyl (C=O) groups is 1. The van der Waals surface area contributed by atoms with Crippen LogP contribution in [0.3, 0.4) is 0 Å². The molecule has 1 saturated heterocycles. The van der Waals surface area contributed by atoms with Crippen LogP contribution < -0.4 is 0 Å². The summed E-state index contributed by atoms with van der Waals surface area (Å²) in [4.78, 5) is 16.9. The molecule has 8 heteroatoms. The molecule has 0 aliphatic carbocycles. The molecule has 0 unspecified atom stereocenters. The number of fused-ring (bicyclic) bond motifs is 1. The minimum Gasteiger partial charge on any atom is -0.361 e. The number of likely N-dealkylation sites (tertiary alicyclic amines) is 1. The van der Waals surface area contributed by atoms with Crippen LogP contribution in [0, 0.1) is 6.92 Å². The Labute approximate surface area is 159 Å². The SMILES string of the molecule is Cc1cc(C(=O)N2CCC(c3nnc4n3CCN(C(C)C)CC4)CC2)no1. The number of aromatic nitrogens is 4. The number of nitrogens with zero attached hydrogens (tertiary/aromatic N) is 6. The second kappa shape index (κ2) is 7.42. The van der Waals surface area contributed by atoms with Crippen LogP contribution in [0.25, 0.3) is 0 Å². The largest absolute Gasteiger partial charge is 0.361 e. The van der Waals surface area contributed by atoms with E-state index in [1.54, 1.807) is 13.0 Å². The van der Waals surface area contributed by atoms with Crippen LogP contribution in [-0.2, 0) is 13.0 Å². The second-order valence-electron chi connectivity index (χ2n) is 7.90. The van der Waals surface area contributed by atoms with Crippen LogP contribution in [0.2, 0.25) is 0 Å². The average Bonchev–Trinajstić information content (AvgIpc) is 3.21. The molecule has 0 bridgehead atoms. The first-order valence-electron chi connectivity index (χ1n) is 9.91. The Morgan fingerprint density at radius 3 is 2.59 bits per heavy atom. The standard InChI is InChI=1S/C19H28N6O2/c1-13(2)23-9-6-17-20-21-18(25(17)11-10-23)15-4-7-24(8-5-15)19(26)16-12-14(3)27-22-16/h12-13,15H,4-11H2,1-3H3. The number of piperidine rings is 1. The molecule has 1 fully saturated rings. The summed E-state index contributed by atoms with van der Waals surface area (Å²) >= 11 is 0. The van der Waals surface area contributed by atoms with Crippen LogP contribution >= 0.6 is 0 Å². The summed E-state index contributed by atoms with van der Waals surface area (Å²) in [6, 6.07) is 2.26. The maximum atomic E-state index is 12.5. The number of hydrogen-bond donors (Lipinski definition) is 0. The highest BCUT2D eigenvalue weighted by Gasteiger charge is 2.30. The van der Waals surface area contributed by atoms with Gasteiger partial charge < -0.3 is 14.0 Å². The first-order chi connectivity index (χ1) is 13.0. The van der Waals surface area contributed by atoms with Gasteiger partial charge in [0.05, 0.1) is 0 Å². The fraction of sp³-hybridized carbons (Fsp3) is 0.684. The molecule has 1 amide bonds. The van der Waals surface area contributed by atoms with E-state index in [-0.39, 0.29) is 5.91 Å². The van der Waals surface area contributed by atoms with E-state index >= 15 is 0 Å². The van der Waals surface area contributed by atoms with Crippen molar-refractivity contribution in [3.8, 4) is 0 Å². The van der Waals surface area contributed by atoms with Crippen LogP contribution in [0.1, 0.15) is 60.5 Å². The third-order valence-corrected chi connectivity index (χ3v) is 5.81. The van der Waals surface area contributed by atoms with Gasteiger partial charge in [0.15, 0.2) is 5.69 Å². The van der Waals surface area contributed by atoms with Gasteiger partial charge >= 0.3 is 0 Å². The molecule has 8 nitrogen and oxygen atoms in total. The van der Waals surface area contributed by atoms with Crippen molar-refractivity contribution in [1.82, 2.24) is 29.7 Å². The number of rotatable bonds is 3. The van der Waals surface area contributed by atoms with Gasteiger partial charge in [0, 0.05) is 57.2 Å². The minimum absolute atomic E-state index is 0.0436. The summed E-state index contributed by atoms with van der Waals surface area (Å²) in [5.41, 5.74) is 0.399. The minimum atomic E-state index is -0.0436. The lowest BCUT2D eigenvalue weighted by molar-refractivity contribution is 0.0699. The van der Waals surface area contributed by atoms with E-state index in [2.05, 4.69) is 38.7 Å². The van der Waals surface area contributed by atoms with Crippen LogP contribution in [0.15, 0.2) is 10.6 Å². The Kier molecular flexibility index (Phi) is 4.99. The van der Waals surface area contributed by atoms with Gasteiger partial charge in [-0.25, -0.2) is 0 Å². The van der Waals surface area contributed by atoms with E-state index in [0.29, 0.717) is 23.4 Å². The highest BCUT2D eigenvalue weighted by atomic mass is 16.5. The molecule has 2 aliphatic rings. The van der Waals surface area contributed by atoms with Gasteiger partial charge in [-0.2, -0.15) is 0 Å². The molecule has 2 aliphatic heterocycles. The van der Waals surface area contributed by atoms with Gasteiger partial charge in [-0.1, -0.05) is 5.16 Å². The van der Waals surface area contributed by atoms with Crippen molar-refractivity contribution in [2.24, 2.45) is 0 Å². The molecule has 27 heavy (non-hydrogen) atoms. The average molecular weight is 372 g/mol. The molecule has 4 rings (SSSR count). The third-order valence-electron chi connectivity index (χ3n) is 5.81. The predicted molar refractivity (Wildman–Crippen MR) is 99.6 cm³/mol. The van der Waals surface area contributed by atoms with E-state index < -0.39 is 0 Å². The zero-order valence-corrected chi connectivity index (χ0v) is 16.4. The van der Waals surface area contributed by atoms with Crippen molar-refractivity contribution < 1.29 is 9.32 Å². The van der Waals surface area contributed by atoms with E-state index in [9.17, 15) is 4.79 Å². The van der Waals surface area contributed by atoms with Gasteiger partial charge in [0.25, 0.3) is 5.91 Å². The lowest BCUT2D eigenvalue weighted by Crippen LogP contribution is -2.38. The fourth-order valence-corrected chi connectivity index (χ4v) is 4.15. The van der Waals surface area contributed by atoms with E-state index in [1.165, 1.54) is 0 Å². The fourth-order valence-electron chi connectivity index (χ4n) is 4.15. The molecule has 4 heterocycles. The van der Waals surface area contributed by atoms with Crippen molar-refractivity contribution in [2.45, 2.75) is 58.5 Å². The summed E-state index contributed by atoms with van der Waals surface area (Å²) in [6.07, 6.45) is 2.78. The highest BCUT2D eigenvalue weighted by molar-refractivity contribution is 5.92. The zero-order chi connectivity index (χ0) is 19.0. The first-order valence-corrected chi connectivity index (χ1v) is 9.91. The van der Waals surface area contributed by atoms with Gasteiger partial charge in [0.1, 0.15) is 17.4 Å². The number of amides is 1. The highest BCUT2D eigenvalue weighted by Crippen LogP contribution is 2.28. The molecule has 0 saturated carbocycles. The first kappa shape index (κ1) is 18.2. The van der Waals surface area contributed by atoms with Crippen molar-refractivity contribution in [3.63, 3.8) is 0 Å². The van der Waals surface area contributed by atoms with E-state index in [0.717, 1.165) is 63.6 Å². The third kappa shape index (κ3) is 3.63. The van der Waals surface area contributed by atoms with Crippen molar-refractivity contribution in [2.75, 3.05) is 26.2 Å². The Hall–Kier alpha value is -2.22. The Balaban J connectivity index is 1.41. The van der Waals surface area contributed by atoms with E-state index in [1.807, 2.05) is 4.90 Å². The summed E-state index contributed by atoms with van der Waals surface area (Å²) in [5.74, 6) is 3.18. The molecular formula is C19H28N6O2. The smallest absolute Gasteiger partial charge is 0.276 e. The summed E-state index contributed by atoms with van der Waals surface area (Å²) in [5, 5.41) is 12.9. The topological polar surface area (TPSA) is 80.3 Å². The molecule has 146 valence electrons. The van der Waals surface area contributed by atoms with Crippen molar-refractivity contribution in [3.05, 3.63) is 29.2 Å². The summed E-state index contributed by atoms with van der Waals surface area (Å²) in [7, 11) is 0. The summed E-state index contributed by atoms with van der Waals surface area (Å²) < 4.78 is 7.36.